The molecule has 0 aliphatic rings. The van der Waals surface area contributed by atoms with Crippen molar-refractivity contribution < 1.29 is 9.47 Å². The first-order chi connectivity index (χ1) is 9.65. The molecule has 1 aromatic heterocycles. The fourth-order valence-electron chi connectivity index (χ4n) is 1.88. The van der Waals surface area contributed by atoms with Gasteiger partial charge in [-0.1, -0.05) is 17.7 Å². The van der Waals surface area contributed by atoms with E-state index in [-0.39, 0.29) is 0 Å². The molecule has 0 aliphatic heterocycles. The number of hydrogen-bond donors (Lipinski definition) is 1. The molecule has 0 aliphatic carbocycles. The molecular formula is C15H17ClN2O2. The first-order valence-electron chi connectivity index (χ1n) is 6.21. The van der Waals surface area contributed by atoms with E-state index in [2.05, 4.69) is 10.3 Å². The summed E-state index contributed by atoms with van der Waals surface area (Å²) in [6.07, 6.45) is 1.78. The highest BCUT2D eigenvalue weighted by molar-refractivity contribution is 6.32. The van der Waals surface area contributed by atoms with Crippen LogP contribution in [0.4, 0.5) is 5.69 Å². The molecule has 2 rings (SSSR count). The van der Waals surface area contributed by atoms with E-state index in [4.69, 9.17) is 21.1 Å². The number of pyridine rings is 1. The standard InChI is InChI=1S/C15H17ClN2O2/c1-10-5-4-6-17-13(10)9-18-12-8-14(19-2)11(16)7-15(12)20-3/h4-8,18H,9H2,1-3H3. The van der Waals surface area contributed by atoms with E-state index in [9.17, 15) is 0 Å². The molecule has 1 N–H and O–H groups in total. The van der Waals surface area contributed by atoms with Crippen LogP contribution in [0.15, 0.2) is 30.5 Å². The minimum Gasteiger partial charge on any atom is -0.495 e. The number of anilines is 1. The number of nitrogens with zero attached hydrogens (tertiary/aromatic N) is 1. The van der Waals surface area contributed by atoms with Crippen LogP contribution in [-0.2, 0) is 6.54 Å². The van der Waals surface area contributed by atoms with E-state index in [0.717, 1.165) is 16.9 Å². The summed E-state index contributed by atoms with van der Waals surface area (Å²) in [6, 6.07) is 7.50. The molecule has 0 saturated carbocycles. The van der Waals surface area contributed by atoms with Gasteiger partial charge in [-0.3, -0.25) is 4.98 Å². The number of benzene rings is 1. The third kappa shape index (κ3) is 3.14. The van der Waals surface area contributed by atoms with Crippen LogP contribution >= 0.6 is 11.6 Å². The van der Waals surface area contributed by atoms with Crippen molar-refractivity contribution in [3.05, 3.63) is 46.7 Å². The van der Waals surface area contributed by atoms with Crippen molar-refractivity contribution in [2.24, 2.45) is 0 Å². The van der Waals surface area contributed by atoms with Crippen LogP contribution in [-0.4, -0.2) is 19.2 Å². The molecule has 0 fully saturated rings. The summed E-state index contributed by atoms with van der Waals surface area (Å²) in [5, 5.41) is 3.81. The molecule has 0 amide bonds. The van der Waals surface area contributed by atoms with Gasteiger partial charge in [0.1, 0.15) is 11.5 Å². The van der Waals surface area contributed by atoms with Crippen molar-refractivity contribution in [1.29, 1.82) is 0 Å². The molecule has 0 spiro atoms. The Morgan fingerprint density at radius 3 is 2.60 bits per heavy atom. The Bertz CT molecular complexity index is 602. The Balaban J connectivity index is 2.22. The van der Waals surface area contributed by atoms with Crippen LogP contribution in [0.25, 0.3) is 0 Å². The predicted octanol–water partition coefficient (Wildman–Crippen LogP) is 3.67. The molecule has 5 heteroatoms. The quantitative estimate of drug-likeness (QED) is 0.913. The van der Waals surface area contributed by atoms with Gasteiger partial charge < -0.3 is 14.8 Å². The van der Waals surface area contributed by atoms with Gasteiger partial charge >= 0.3 is 0 Å². The molecule has 1 heterocycles. The van der Waals surface area contributed by atoms with Gasteiger partial charge in [0.15, 0.2) is 0 Å². The van der Waals surface area contributed by atoms with Crippen molar-refractivity contribution in [1.82, 2.24) is 4.98 Å². The largest absolute Gasteiger partial charge is 0.495 e. The molecule has 0 radical (unpaired) electrons. The molecule has 4 nitrogen and oxygen atoms in total. The molecule has 2 aromatic rings. The predicted molar refractivity (Wildman–Crippen MR) is 80.9 cm³/mol. The average Bonchev–Trinajstić information content (AvgIpc) is 2.47. The summed E-state index contributed by atoms with van der Waals surface area (Å²) in [6.45, 7) is 2.64. The van der Waals surface area contributed by atoms with Gasteiger partial charge in [0.25, 0.3) is 0 Å². The fraction of sp³-hybridized carbons (Fsp3) is 0.267. The number of aryl methyl sites for hydroxylation is 1. The van der Waals surface area contributed by atoms with E-state index in [1.54, 1.807) is 26.5 Å². The second-order valence-corrected chi connectivity index (χ2v) is 4.71. The molecular weight excluding hydrogens is 276 g/mol. The number of hydrogen-bond acceptors (Lipinski definition) is 4. The van der Waals surface area contributed by atoms with Crippen LogP contribution in [0.2, 0.25) is 5.02 Å². The maximum absolute atomic E-state index is 6.08. The first kappa shape index (κ1) is 14.5. The number of halogens is 1. The normalized spacial score (nSPS) is 10.2. The Morgan fingerprint density at radius 2 is 1.95 bits per heavy atom. The van der Waals surface area contributed by atoms with Crippen molar-refractivity contribution in [2.75, 3.05) is 19.5 Å². The second kappa shape index (κ2) is 6.48. The summed E-state index contributed by atoms with van der Waals surface area (Å²) in [7, 11) is 3.19. The third-order valence-corrected chi connectivity index (χ3v) is 3.33. The minimum absolute atomic E-state index is 0.518. The smallest absolute Gasteiger partial charge is 0.143 e. The summed E-state index contributed by atoms with van der Waals surface area (Å²) in [5.41, 5.74) is 2.95. The summed E-state index contributed by atoms with van der Waals surface area (Å²) < 4.78 is 10.5. The Kier molecular flexibility index (Phi) is 4.69. The van der Waals surface area contributed by atoms with Gasteiger partial charge in [-0.25, -0.2) is 0 Å². The lowest BCUT2D eigenvalue weighted by atomic mass is 10.2. The zero-order valence-corrected chi connectivity index (χ0v) is 12.5. The zero-order chi connectivity index (χ0) is 14.5. The van der Waals surface area contributed by atoms with Crippen molar-refractivity contribution in [2.45, 2.75) is 13.5 Å². The fourth-order valence-corrected chi connectivity index (χ4v) is 2.11. The van der Waals surface area contributed by atoms with Crippen LogP contribution in [0, 0.1) is 6.92 Å². The summed E-state index contributed by atoms with van der Waals surface area (Å²) in [4.78, 5) is 4.35. The third-order valence-electron chi connectivity index (χ3n) is 3.04. The van der Waals surface area contributed by atoms with Crippen molar-refractivity contribution >= 4 is 17.3 Å². The number of ether oxygens (including phenoxy) is 2. The number of aromatic nitrogens is 1. The van der Waals surface area contributed by atoms with Gasteiger partial charge in [-0.2, -0.15) is 0 Å². The van der Waals surface area contributed by atoms with Crippen molar-refractivity contribution in [3.63, 3.8) is 0 Å². The molecule has 0 saturated heterocycles. The van der Waals surface area contributed by atoms with Crippen LogP contribution < -0.4 is 14.8 Å². The van der Waals surface area contributed by atoms with E-state index in [0.29, 0.717) is 23.1 Å². The van der Waals surface area contributed by atoms with Crippen LogP contribution in [0.5, 0.6) is 11.5 Å². The maximum atomic E-state index is 6.08. The van der Waals surface area contributed by atoms with E-state index < -0.39 is 0 Å². The summed E-state index contributed by atoms with van der Waals surface area (Å²) in [5.74, 6) is 1.28. The van der Waals surface area contributed by atoms with Gasteiger partial charge in [0, 0.05) is 18.3 Å². The van der Waals surface area contributed by atoms with Gasteiger partial charge in [0.05, 0.1) is 37.2 Å². The number of nitrogens with one attached hydrogen (secondary N) is 1. The van der Waals surface area contributed by atoms with Crippen molar-refractivity contribution in [3.8, 4) is 11.5 Å². The molecule has 20 heavy (non-hydrogen) atoms. The van der Waals surface area contributed by atoms with E-state index in [1.165, 1.54) is 0 Å². The lowest BCUT2D eigenvalue weighted by Gasteiger charge is -2.14. The SMILES string of the molecule is COc1cc(NCc2ncccc2C)c(OC)cc1Cl. The second-order valence-electron chi connectivity index (χ2n) is 4.31. The number of rotatable bonds is 5. The van der Waals surface area contributed by atoms with E-state index in [1.807, 2.05) is 25.1 Å². The van der Waals surface area contributed by atoms with Crippen LogP contribution in [0.3, 0.4) is 0 Å². The van der Waals surface area contributed by atoms with E-state index >= 15 is 0 Å². The van der Waals surface area contributed by atoms with Gasteiger partial charge in [-0.15, -0.1) is 0 Å². The molecule has 0 bridgehead atoms. The highest BCUT2D eigenvalue weighted by Crippen LogP contribution is 2.36. The Morgan fingerprint density at radius 1 is 1.20 bits per heavy atom. The minimum atomic E-state index is 0.518. The first-order valence-corrected chi connectivity index (χ1v) is 6.59. The Hall–Kier alpha value is -1.94. The molecule has 0 atom stereocenters. The molecule has 0 unspecified atom stereocenters. The zero-order valence-electron chi connectivity index (χ0n) is 11.7. The highest BCUT2D eigenvalue weighted by Gasteiger charge is 2.10. The average molecular weight is 293 g/mol. The van der Waals surface area contributed by atoms with Gasteiger partial charge in [0.2, 0.25) is 0 Å². The highest BCUT2D eigenvalue weighted by atomic mass is 35.5. The topological polar surface area (TPSA) is 43.4 Å². The lowest BCUT2D eigenvalue weighted by molar-refractivity contribution is 0.404. The number of methoxy groups -OCH3 is 2. The van der Waals surface area contributed by atoms with Crippen LogP contribution in [0.1, 0.15) is 11.3 Å². The molecule has 1 aromatic carbocycles. The lowest BCUT2D eigenvalue weighted by Crippen LogP contribution is -2.05. The van der Waals surface area contributed by atoms with Gasteiger partial charge in [-0.05, 0) is 18.6 Å². The monoisotopic (exact) mass is 292 g/mol. The maximum Gasteiger partial charge on any atom is 0.143 e. The Labute approximate surface area is 123 Å². The molecule has 106 valence electrons. The summed E-state index contributed by atoms with van der Waals surface area (Å²) >= 11 is 6.08.